The zero-order valence-corrected chi connectivity index (χ0v) is 16.4. The van der Waals surface area contributed by atoms with Gasteiger partial charge in [-0.05, 0) is 38.1 Å². The summed E-state index contributed by atoms with van der Waals surface area (Å²) in [6.45, 7) is 15.4. The van der Waals surface area contributed by atoms with Gasteiger partial charge in [0.05, 0.1) is 21.3 Å². The van der Waals surface area contributed by atoms with Crippen molar-refractivity contribution in [1.82, 2.24) is 0 Å². The van der Waals surface area contributed by atoms with E-state index in [4.69, 9.17) is 9.47 Å². The SMILES string of the molecule is C=C1CC1(CCCCC(C(=O)OCC)C(=O)OCC)[Si](C)(C)C. The fourth-order valence-electron chi connectivity index (χ4n) is 3.35. The maximum Gasteiger partial charge on any atom is 0.320 e. The Balaban J connectivity index is 2.51. The number of hydrogen-bond donors (Lipinski definition) is 0. The molecule has 0 aromatic carbocycles. The Bertz CT molecular complexity index is 434. The van der Waals surface area contributed by atoms with Crippen LogP contribution in [0.15, 0.2) is 12.2 Å². The second-order valence-electron chi connectivity index (χ2n) is 7.41. The predicted molar refractivity (Wildman–Crippen MR) is 95.0 cm³/mol. The van der Waals surface area contributed by atoms with Crippen LogP contribution in [0.4, 0.5) is 0 Å². The average Bonchev–Trinajstić information content (AvgIpc) is 3.10. The molecule has 0 amide bonds. The molecule has 0 aromatic heterocycles. The van der Waals surface area contributed by atoms with E-state index in [1.165, 1.54) is 5.57 Å². The summed E-state index contributed by atoms with van der Waals surface area (Å²) in [5.41, 5.74) is 1.39. The van der Waals surface area contributed by atoms with Gasteiger partial charge in [-0.25, -0.2) is 0 Å². The second-order valence-corrected chi connectivity index (χ2v) is 12.9. The van der Waals surface area contributed by atoms with Crippen molar-refractivity contribution in [1.29, 1.82) is 0 Å². The van der Waals surface area contributed by atoms with Gasteiger partial charge in [-0.15, -0.1) is 0 Å². The van der Waals surface area contributed by atoms with E-state index in [2.05, 4.69) is 26.2 Å². The van der Waals surface area contributed by atoms with E-state index in [0.29, 0.717) is 11.5 Å². The zero-order chi connectivity index (χ0) is 17.7. The molecule has 23 heavy (non-hydrogen) atoms. The summed E-state index contributed by atoms with van der Waals surface area (Å²) in [4.78, 5) is 23.9. The molecular formula is C18H32O4Si. The van der Waals surface area contributed by atoms with Gasteiger partial charge in [0.2, 0.25) is 0 Å². The molecule has 0 heterocycles. The van der Waals surface area contributed by atoms with Gasteiger partial charge in [0, 0.05) is 0 Å². The van der Waals surface area contributed by atoms with Crippen LogP contribution in [0.1, 0.15) is 46.0 Å². The first kappa shape index (κ1) is 19.9. The van der Waals surface area contributed by atoms with Gasteiger partial charge in [-0.2, -0.15) is 0 Å². The van der Waals surface area contributed by atoms with Crippen molar-refractivity contribution in [2.45, 2.75) is 70.6 Å². The van der Waals surface area contributed by atoms with Crippen LogP contribution in [0.3, 0.4) is 0 Å². The lowest BCUT2D eigenvalue weighted by Gasteiger charge is -2.29. The number of rotatable bonds is 10. The normalized spacial score (nSPS) is 20.5. The van der Waals surface area contributed by atoms with E-state index in [0.717, 1.165) is 25.7 Å². The molecule has 4 nitrogen and oxygen atoms in total. The molecule has 1 fully saturated rings. The Hall–Kier alpha value is -1.10. The number of hydrogen-bond acceptors (Lipinski definition) is 4. The molecule has 0 spiro atoms. The maximum absolute atomic E-state index is 11.9. The highest BCUT2D eigenvalue weighted by Gasteiger charge is 2.55. The Morgan fingerprint density at radius 2 is 1.61 bits per heavy atom. The van der Waals surface area contributed by atoms with Crippen molar-refractivity contribution in [3.05, 3.63) is 12.2 Å². The van der Waals surface area contributed by atoms with Gasteiger partial charge in [-0.1, -0.05) is 44.6 Å². The molecule has 0 radical (unpaired) electrons. The van der Waals surface area contributed by atoms with Crippen molar-refractivity contribution in [2.75, 3.05) is 13.2 Å². The molecule has 0 aromatic rings. The minimum absolute atomic E-state index is 0.285. The van der Waals surface area contributed by atoms with Crippen LogP contribution in [0, 0.1) is 5.92 Å². The van der Waals surface area contributed by atoms with Crippen molar-refractivity contribution >= 4 is 20.0 Å². The summed E-state index contributed by atoms with van der Waals surface area (Å²) in [5.74, 6) is -1.69. The molecule has 1 rings (SSSR count). The Kier molecular flexibility index (Phi) is 7.05. The molecule has 1 saturated carbocycles. The van der Waals surface area contributed by atoms with Crippen LogP contribution in [-0.4, -0.2) is 33.2 Å². The first-order chi connectivity index (χ1) is 10.7. The maximum atomic E-state index is 11.9. The van der Waals surface area contributed by atoms with Crippen molar-refractivity contribution in [3.63, 3.8) is 0 Å². The molecule has 5 heteroatoms. The summed E-state index contributed by atoms with van der Waals surface area (Å²) < 4.78 is 10.0. The van der Waals surface area contributed by atoms with E-state index in [9.17, 15) is 9.59 Å². The minimum Gasteiger partial charge on any atom is -0.465 e. The first-order valence-electron chi connectivity index (χ1n) is 8.71. The Morgan fingerprint density at radius 3 is 1.96 bits per heavy atom. The highest BCUT2D eigenvalue weighted by atomic mass is 28.3. The standard InChI is InChI=1S/C18H32O4Si/c1-7-21-16(19)15(17(20)22-8-2)11-9-10-12-18(13-14(18)3)23(4,5)6/h15H,3,7-13H2,1-2,4-6H3. The summed E-state index contributed by atoms with van der Waals surface area (Å²) in [6.07, 6.45) is 4.63. The van der Waals surface area contributed by atoms with Crippen molar-refractivity contribution in [3.8, 4) is 0 Å². The minimum atomic E-state index is -1.27. The number of esters is 2. The van der Waals surface area contributed by atoms with Crippen LogP contribution >= 0.6 is 0 Å². The second kappa shape index (κ2) is 8.13. The van der Waals surface area contributed by atoms with Crippen LogP contribution in [-0.2, 0) is 19.1 Å². The third kappa shape index (κ3) is 4.93. The van der Waals surface area contributed by atoms with Gasteiger partial charge in [0.1, 0.15) is 0 Å². The molecular weight excluding hydrogens is 308 g/mol. The van der Waals surface area contributed by atoms with Gasteiger partial charge in [0.15, 0.2) is 5.92 Å². The van der Waals surface area contributed by atoms with Crippen molar-refractivity contribution in [2.24, 2.45) is 5.92 Å². The molecule has 0 bridgehead atoms. The van der Waals surface area contributed by atoms with E-state index in [-0.39, 0.29) is 13.2 Å². The average molecular weight is 341 g/mol. The smallest absolute Gasteiger partial charge is 0.320 e. The Labute approximate surface area is 141 Å². The monoisotopic (exact) mass is 340 g/mol. The van der Waals surface area contributed by atoms with E-state index >= 15 is 0 Å². The summed E-state index contributed by atoms with van der Waals surface area (Å²) in [7, 11) is -1.27. The number of carbonyl (C=O) groups is 2. The van der Waals surface area contributed by atoms with E-state index < -0.39 is 25.9 Å². The molecule has 1 aliphatic rings. The summed E-state index contributed by atoms with van der Waals surface area (Å²) in [5, 5.41) is 0.371. The molecule has 0 N–H and O–H groups in total. The lowest BCUT2D eigenvalue weighted by Crippen LogP contribution is -2.30. The highest BCUT2D eigenvalue weighted by Crippen LogP contribution is 2.67. The van der Waals surface area contributed by atoms with E-state index in [1.807, 2.05) is 0 Å². The number of unbranched alkanes of at least 4 members (excludes halogenated alkanes) is 1. The Morgan fingerprint density at radius 1 is 1.13 bits per heavy atom. The molecule has 1 atom stereocenters. The number of ether oxygens (including phenoxy) is 2. The van der Waals surface area contributed by atoms with Crippen LogP contribution in [0.25, 0.3) is 0 Å². The lowest BCUT2D eigenvalue weighted by molar-refractivity contribution is -0.161. The lowest BCUT2D eigenvalue weighted by atomic mass is 10.0. The van der Waals surface area contributed by atoms with Crippen molar-refractivity contribution < 1.29 is 19.1 Å². The third-order valence-electron chi connectivity index (χ3n) is 4.99. The predicted octanol–water partition coefficient (Wildman–Crippen LogP) is 4.33. The molecule has 132 valence electrons. The molecule has 0 saturated heterocycles. The summed E-state index contributed by atoms with van der Waals surface area (Å²) in [6, 6.07) is 0. The quantitative estimate of drug-likeness (QED) is 0.195. The fourth-order valence-corrected chi connectivity index (χ4v) is 6.08. The topological polar surface area (TPSA) is 52.6 Å². The molecule has 0 aliphatic heterocycles. The van der Waals surface area contributed by atoms with Crippen LogP contribution in [0.2, 0.25) is 24.7 Å². The van der Waals surface area contributed by atoms with Gasteiger partial charge >= 0.3 is 11.9 Å². The van der Waals surface area contributed by atoms with E-state index in [1.54, 1.807) is 13.8 Å². The van der Waals surface area contributed by atoms with Gasteiger partial charge < -0.3 is 9.47 Å². The summed E-state index contributed by atoms with van der Waals surface area (Å²) >= 11 is 0. The van der Waals surface area contributed by atoms with Crippen LogP contribution < -0.4 is 0 Å². The largest absolute Gasteiger partial charge is 0.465 e. The van der Waals surface area contributed by atoms with Gasteiger partial charge in [-0.3, -0.25) is 9.59 Å². The molecule has 1 aliphatic carbocycles. The number of carbonyl (C=O) groups excluding carboxylic acids is 2. The van der Waals surface area contributed by atoms with Crippen LogP contribution in [0.5, 0.6) is 0 Å². The first-order valence-corrected chi connectivity index (χ1v) is 12.2. The number of allylic oxidation sites excluding steroid dienone is 1. The zero-order valence-electron chi connectivity index (χ0n) is 15.4. The third-order valence-corrected chi connectivity index (χ3v) is 8.64. The highest BCUT2D eigenvalue weighted by molar-refractivity contribution is 6.81. The van der Waals surface area contributed by atoms with Gasteiger partial charge in [0.25, 0.3) is 0 Å². The molecule has 1 unspecified atom stereocenters. The fraction of sp³-hybridized carbons (Fsp3) is 0.778.